The van der Waals surface area contributed by atoms with Crippen molar-refractivity contribution in [3.8, 4) is 0 Å². The van der Waals surface area contributed by atoms with Crippen molar-refractivity contribution in [1.82, 2.24) is 0 Å². The van der Waals surface area contributed by atoms with Gasteiger partial charge in [-0.25, -0.2) is 9.18 Å². The Morgan fingerprint density at radius 3 is 2.45 bits per heavy atom. The Labute approximate surface area is 127 Å². The molecule has 5 heteroatoms. The molecule has 0 aliphatic heterocycles. The number of esters is 1. The highest BCUT2D eigenvalue weighted by Crippen LogP contribution is 2.10. The summed E-state index contributed by atoms with van der Waals surface area (Å²) in [5.74, 6) is -1.49. The largest absolute Gasteiger partial charge is 0.458 e. The maximum Gasteiger partial charge on any atom is 0.331 e. The van der Waals surface area contributed by atoms with E-state index in [1.807, 2.05) is 0 Å². The number of nitrogens with two attached hydrogens (primary N) is 1. The highest BCUT2D eigenvalue weighted by molar-refractivity contribution is 5.94. The zero-order valence-corrected chi connectivity index (χ0v) is 11.7. The molecule has 112 valence electrons. The lowest BCUT2D eigenvalue weighted by Crippen LogP contribution is -2.14. The van der Waals surface area contributed by atoms with E-state index in [0.29, 0.717) is 16.7 Å². The van der Waals surface area contributed by atoms with E-state index in [0.717, 1.165) is 0 Å². The smallest absolute Gasteiger partial charge is 0.331 e. The van der Waals surface area contributed by atoms with Gasteiger partial charge < -0.3 is 10.5 Å². The monoisotopic (exact) mass is 299 g/mol. The molecule has 22 heavy (non-hydrogen) atoms. The van der Waals surface area contributed by atoms with E-state index in [4.69, 9.17) is 10.5 Å². The third-order valence-electron chi connectivity index (χ3n) is 2.93. The van der Waals surface area contributed by atoms with Crippen LogP contribution in [-0.4, -0.2) is 11.9 Å². The molecule has 0 bridgehead atoms. The molecule has 2 aromatic carbocycles. The first-order chi connectivity index (χ1) is 10.6. The summed E-state index contributed by atoms with van der Waals surface area (Å²) < 4.78 is 17.8. The van der Waals surface area contributed by atoms with Crippen molar-refractivity contribution in [3.05, 3.63) is 77.1 Å². The molecule has 0 aromatic heterocycles. The Morgan fingerprint density at radius 2 is 1.77 bits per heavy atom. The Hall–Kier alpha value is -2.95. The second-order valence-corrected chi connectivity index (χ2v) is 4.51. The molecule has 0 atom stereocenters. The van der Waals surface area contributed by atoms with Gasteiger partial charge in [-0.15, -0.1) is 0 Å². The molecule has 0 heterocycles. The molecule has 0 saturated heterocycles. The molecule has 2 N–H and O–H groups in total. The van der Waals surface area contributed by atoms with Gasteiger partial charge in [0, 0.05) is 17.2 Å². The second-order valence-electron chi connectivity index (χ2n) is 4.51. The fraction of sp³-hybridized carbons (Fsp3) is 0.0588. The molecule has 0 radical (unpaired) electrons. The molecule has 0 saturated carbocycles. The topological polar surface area (TPSA) is 69.4 Å². The fourth-order valence-corrected chi connectivity index (χ4v) is 1.82. The molecular weight excluding hydrogens is 285 g/mol. The predicted molar refractivity (Wildman–Crippen MR) is 80.2 cm³/mol. The van der Waals surface area contributed by atoms with Gasteiger partial charge >= 0.3 is 5.97 Å². The van der Waals surface area contributed by atoms with Crippen LogP contribution in [0.15, 0.2) is 54.6 Å². The van der Waals surface area contributed by atoms with Crippen LogP contribution in [0.1, 0.15) is 21.5 Å². The first kappa shape index (κ1) is 15.4. The van der Waals surface area contributed by atoms with Crippen molar-refractivity contribution >= 4 is 18.0 Å². The highest BCUT2D eigenvalue weighted by Gasteiger charge is 2.08. The van der Waals surface area contributed by atoms with Crippen molar-refractivity contribution in [2.45, 2.75) is 6.61 Å². The predicted octanol–water partition coefficient (Wildman–Crippen LogP) is 2.68. The first-order valence-electron chi connectivity index (χ1n) is 6.54. The van der Waals surface area contributed by atoms with E-state index in [9.17, 15) is 14.0 Å². The van der Waals surface area contributed by atoms with Gasteiger partial charge in [-0.05, 0) is 29.8 Å². The Balaban J connectivity index is 1.96. The van der Waals surface area contributed by atoms with Crippen LogP contribution < -0.4 is 5.73 Å². The number of carbonyl (C=O) groups is 2. The molecule has 4 nitrogen and oxygen atoms in total. The quantitative estimate of drug-likeness (QED) is 0.681. The van der Waals surface area contributed by atoms with Crippen LogP contribution in [0.25, 0.3) is 6.08 Å². The minimum absolute atomic E-state index is 0.0499. The van der Waals surface area contributed by atoms with E-state index >= 15 is 0 Å². The molecule has 2 aromatic rings. The van der Waals surface area contributed by atoms with Crippen molar-refractivity contribution in [1.29, 1.82) is 0 Å². The first-order valence-corrected chi connectivity index (χ1v) is 6.54. The van der Waals surface area contributed by atoms with Gasteiger partial charge in [0.2, 0.25) is 5.91 Å². The van der Waals surface area contributed by atoms with Crippen LogP contribution >= 0.6 is 0 Å². The van der Waals surface area contributed by atoms with Crippen LogP contribution in [0.5, 0.6) is 0 Å². The molecule has 0 unspecified atom stereocenters. The lowest BCUT2D eigenvalue weighted by molar-refractivity contribution is -0.138. The maximum absolute atomic E-state index is 12.7. The molecule has 2 rings (SSSR count). The number of ether oxygens (including phenoxy) is 1. The van der Waals surface area contributed by atoms with Gasteiger partial charge in [0.05, 0.1) is 0 Å². The number of carbonyl (C=O) groups excluding carboxylic acids is 2. The molecule has 0 aliphatic rings. The number of hydrogen-bond acceptors (Lipinski definition) is 3. The zero-order valence-electron chi connectivity index (χ0n) is 11.7. The normalized spacial score (nSPS) is 10.6. The summed E-state index contributed by atoms with van der Waals surface area (Å²) in [6, 6.07) is 12.3. The third kappa shape index (κ3) is 4.28. The molecular formula is C17H14FNO3. The van der Waals surface area contributed by atoms with E-state index in [1.165, 1.54) is 24.3 Å². The van der Waals surface area contributed by atoms with Crippen LogP contribution in [0.3, 0.4) is 0 Å². The maximum atomic E-state index is 12.7. The van der Waals surface area contributed by atoms with Gasteiger partial charge in [0.25, 0.3) is 0 Å². The van der Waals surface area contributed by atoms with Gasteiger partial charge in [0.1, 0.15) is 12.4 Å². The molecule has 0 fully saturated rings. The number of amides is 1. The Morgan fingerprint density at radius 1 is 1.09 bits per heavy atom. The number of hydrogen-bond donors (Lipinski definition) is 1. The van der Waals surface area contributed by atoms with Gasteiger partial charge in [-0.1, -0.05) is 30.3 Å². The third-order valence-corrected chi connectivity index (χ3v) is 2.93. The van der Waals surface area contributed by atoms with Gasteiger partial charge in [-0.3, -0.25) is 4.79 Å². The SMILES string of the molecule is NC(=O)c1ccccc1COC(=O)C=Cc1ccc(F)cc1. The number of benzene rings is 2. The Bertz CT molecular complexity index is 708. The Kier molecular flexibility index (Phi) is 5.03. The van der Waals surface area contributed by atoms with Gasteiger partial charge in [-0.2, -0.15) is 0 Å². The summed E-state index contributed by atoms with van der Waals surface area (Å²) in [4.78, 5) is 22.9. The van der Waals surface area contributed by atoms with Crippen LogP contribution in [0.2, 0.25) is 0 Å². The molecule has 1 amide bonds. The van der Waals surface area contributed by atoms with Crippen molar-refractivity contribution in [2.24, 2.45) is 5.73 Å². The average Bonchev–Trinajstić information content (AvgIpc) is 2.52. The summed E-state index contributed by atoms with van der Waals surface area (Å²) >= 11 is 0. The van der Waals surface area contributed by atoms with E-state index in [2.05, 4.69) is 0 Å². The fourth-order valence-electron chi connectivity index (χ4n) is 1.82. The molecule has 0 spiro atoms. The summed E-state index contributed by atoms with van der Waals surface area (Å²) in [6.45, 7) is -0.0499. The van der Waals surface area contributed by atoms with Crippen molar-refractivity contribution < 1.29 is 18.7 Å². The van der Waals surface area contributed by atoms with Gasteiger partial charge in [0.15, 0.2) is 0 Å². The zero-order chi connectivity index (χ0) is 15.9. The van der Waals surface area contributed by atoms with E-state index in [-0.39, 0.29) is 12.4 Å². The van der Waals surface area contributed by atoms with Crippen molar-refractivity contribution in [3.63, 3.8) is 0 Å². The number of primary amides is 1. The highest BCUT2D eigenvalue weighted by atomic mass is 19.1. The van der Waals surface area contributed by atoms with Crippen LogP contribution in [0, 0.1) is 5.82 Å². The molecule has 0 aliphatic carbocycles. The van der Waals surface area contributed by atoms with E-state index in [1.54, 1.807) is 36.4 Å². The lowest BCUT2D eigenvalue weighted by Gasteiger charge is -2.06. The summed E-state index contributed by atoms with van der Waals surface area (Å²) in [5, 5.41) is 0. The van der Waals surface area contributed by atoms with Crippen LogP contribution in [-0.2, 0) is 16.1 Å². The standard InChI is InChI=1S/C17H14FNO3/c18-14-8-5-12(6-9-14)7-10-16(20)22-11-13-3-1-2-4-15(13)17(19)21/h1-10H,11H2,(H2,19,21). The van der Waals surface area contributed by atoms with E-state index < -0.39 is 11.9 Å². The summed E-state index contributed by atoms with van der Waals surface area (Å²) in [6.07, 6.45) is 2.75. The average molecular weight is 299 g/mol. The second kappa shape index (κ2) is 7.17. The lowest BCUT2D eigenvalue weighted by atomic mass is 10.1. The van der Waals surface area contributed by atoms with Crippen molar-refractivity contribution in [2.75, 3.05) is 0 Å². The van der Waals surface area contributed by atoms with Crippen LogP contribution in [0.4, 0.5) is 4.39 Å². The number of halogens is 1. The number of rotatable bonds is 5. The summed E-state index contributed by atoms with van der Waals surface area (Å²) in [7, 11) is 0. The summed E-state index contributed by atoms with van der Waals surface area (Å²) in [5.41, 5.74) is 6.78. The minimum Gasteiger partial charge on any atom is -0.458 e. The minimum atomic E-state index is -0.575.